The van der Waals surface area contributed by atoms with Crippen molar-refractivity contribution in [3.63, 3.8) is 0 Å². The Kier molecular flexibility index (Phi) is 5.19. The number of ketones is 1. The molecule has 0 N–H and O–H groups in total. The summed E-state index contributed by atoms with van der Waals surface area (Å²) in [4.78, 5) is 11.9. The van der Waals surface area contributed by atoms with Crippen LogP contribution in [0.5, 0.6) is 0 Å². The van der Waals surface area contributed by atoms with Crippen molar-refractivity contribution in [1.29, 1.82) is 0 Å². The fourth-order valence-corrected chi connectivity index (χ4v) is 4.11. The van der Waals surface area contributed by atoms with Gasteiger partial charge in [0.25, 0.3) is 10.0 Å². The molecule has 0 saturated carbocycles. The first-order valence-electron chi connectivity index (χ1n) is 6.33. The highest BCUT2D eigenvalue weighted by Crippen LogP contribution is 2.41. The summed E-state index contributed by atoms with van der Waals surface area (Å²) in [5, 5.41) is -1.63. The molecule has 23 heavy (non-hydrogen) atoms. The van der Waals surface area contributed by atoms with Gasteiger partial charge in [-0.1, -0.05) is 52.5 Å². The van der Waals surface area contributed by atoms with Crippen LogP contribution in [0.15, 0.2) is 44.2 Å². The highest BCUT2D eigenvalue weighted by atomic mass is 35.5. The van der Waals surface area contributed by atoms with Crippen molar-refractivity contribution in [2.24, 2.45) is 4.40 Å². The largest absolute Gasteiger partial charge is 0.290 e. The number of aryl methyl sites for hydroxylation is 1. The first-order chi connectivity index (χ1) is 10.5. The van der Waals surface area contributed by atoms with Crippen molar-refractivity contribution >= 4 is 67.9 Å². The molecule has 1 aromatic carbocycles. The standard InChI is InChI=1S/C14H11Cl4NO3S/c1-7-3-5-9(6-4-7)23(21,22)19-11-8(2)10(15)13(20)14(17,18)12(11)16/h3-6,12H,1-2H3/b19-11-. The van der Waals surface area contributed by atoms with Gasteiger partial charge in [-0.2, -0.15) is 12.8 Å². The number of allylic oxidation sites excluding steroid dienone is 2. The summed E-state index contributed by atoms with van der Waals surface area (Å²) in [6.45, 7) is 3.26. The van der Waals surface area contributed by atoms with E-state index in [9.17, 15) is 13.2 Å². The van der Waals surface area contributed by atoms with Gasteiger partial charge in [-0.25, -0.2) is 0 Å². The van der Waals surface area contributed by atoms with Gasteiger partial charge in [0, 0.05) is 0 Å². The molecule has 1 aliphatic carbocycles. The van der Waals surface area contributed by atoms with Crippen LogP contribution in [0.2, 0.25) is 0 Å². The Morgan fingerprint density at radius 3 is 2.17 bits per heavy atom. The zero-order valence-electron chi connectivity index (χ0n) is 12.0. The quantitative estimate of drug-likeness (QED) is 0.687. The molecule has 4 nitrogen and oxygen atoms in total. The molecular formula is C14H11Cl4NO3S. The third-order valence-electron chi connectivity index (χ3n) is 3.31. The van der Waals surface area contributed by atoms with Crippen LogP contribution in [0.25, 0.3) is 0 Å². The van der Waals surface area contributed by atoms with Crippen LogP contribution in [0.4, 0.5) is 0 Å². The number of rotatable bonds is 2. The topological polar surface area (TPSA) is 63.6 Å². The van der Waals surface area contributed by atoms with Crippen molar-refractivity contribution < 1.29 is 13.2 Å². The molecule has 0 spiro atoms. The minimum Gasteiger partial charge on any atom is -0.290 e. The van der Waals surface area contributed by atoms with Crippen LogP contribution in [0.3, 0.4) is 0 Å². The Balaban J connectivity index is 2.61. The maximum absolute atomic E-state index is 12.4. The van der Waals surface area contributed by atoms with E-state index in [2.05, 4.69) is 4.40 Å². The monoisotopic (exact) mass is 413 g/mol. The number of alkyl halides is 3. The summed E-state index contributed by atoms with van der Waals surface area (Å²) in [6, 6.07) is 6.11. The summed E-state index contributed by atoms with van der Waals surface area (Å²) >= 11 is 23.8. The highest BCUT2D eigenvalue weighted by Gasteiger charge is 2.50. The van der Waals surface area contributed by atoms with Crippen LogP contribution in [-0.4, -0.2) is 29.6 Å². The summed E-state index contributed by atoms with van der Waals surface area (Å²) in [7, 11) is -4.05. The van der Waals surface area contributed by atoms with Crippen LogP contribution in [0.1, 0.15) is 12.5 Å². The number of hydrogen-bond donors (Lipinski definition) is 0. The Morgan fingerprint density at radius 2 is 1.65 bits per heavy atom. The summed E-state index contributed by atoms with van der Waals surface area (Å²) in [5.74, 6) is -0.785. The van der Waals surface area contributed by atoms with E-state index in [4.69, 9.17) is 46.4 Å². The molecule has 0 heterocycles. The maximum Gasteiger partial charge on any atom is 0.282 e. The van der Waals surface area contributed by atoms with E-state index in [1.807, 2.05) is 6.92 Å². The molecule has 0 fully saturated rings. The van der Waals surface area contributed by atoms with Gasteiger partial charge < -0.3 is 0 Å². The summed E-state index contributed by atoms with van der Waals surface area (Å²) in [6.07, 6.45) is 0. The van der Waals surface area contributed by atoms with Crippen molar-refractivity contribution in [2.75, 3.05) is 0 Å². The van der Waals surface area contributed by atoms with Gasteiger partial charge in [-0.05, 0) is 31.6 Å². The SMILES string of the molecule is CC1=C(Cl)C(=O)C(Cl)(Cl)C(Cl)/C1=N\S(=O)(=O)c1ccc(C)cc1. The van der Waals surface area contributed by atoms with E-state index in [1.165, 1.54) is 19.1 Å². The number of Topliss-reactive ketones (excluding diaryl/α,β-unsaturated/α-hetero) is 1. The third-order valence-corrected chi connectivity index (χ3v) is 6.61. The van der Waals surface area contributed by atoms with E-state index in [-0.39, 0.29) is 21.2 Å². The second-order valence-corrected chi connectivity index (χ2v) is 8.82. The van der Waals surface area contributed by atoms with Crippen LogP contribution in [0, 0.1) is 6.92 Å². The van der Waals surface area contributed by atoms with Gasteiger partial charge in [0.05, 0.1) is 15.6 Å². The molecule has 0 bridgehead atoms. The van der Waals surface area contributed by atoms with Gasteiger partial charge in [-0.3, -0.25) is 4.79 Å². The first kappa shape index (κ1) is 18.7. The average Bonchev–Trinajstić information content (AvgIpc) is 2.49. The molecule has 0 saturated heterocycles. The minimum absolute atomic E-state index is 0.0185. The van der Waals surface area contributed by atoms with Gasteiger partial charge in [0.15, 0.2) is 0 Å². The summed E-state index contributed by atoms with van der Waals surface area (Å²) < 4.78 is 26.5. The molecule has 124 valence electrons. The molecule has 2 rings (SSSR count). The van der Waals surface area contributed by atoms with E-state index in [0.717, 1.165) is 5.56 Å². The first-order valence-corrected chi connectivity index (χ1v) is 9.34. The second kappa shape index (κ2) is 6.37. The Bertz CT molecular complexity index is 826. The Hall–Kier alpha value is -0.590. The Morgan fingerprint density at radius 1 is 1.13 bits per heavy atom. The number of carbonyl (C=O) groups excluding carboxylic acids is 1. The van der Waals surface area contributed by atoms with Crippen LogP contribution < -0.4 is 0 Å². The second-order valence-electron chi connectivity index (χ2n) is 5.02. The lowest BCUT2D eigenvalue weighted by atomic mass is 9.96. The molecule has 9 heteroatoms. The van der Waals surface area contributed by atoms with Gasteiger partial charge in [-0.15, -0.1) is 11.6 Å². The third kappa shape index (κ3) is 3.44. The number of halogens is 4. The molecular weight excluding hydrogens is 404 g/mol. The van der Waals surface area contributed by atoms with Gasteiger partial charge in [0.1, 0.15) is 5.38 Å². The van der Waals surface area contributed by atoms with Crippen LogP contribution >= 0.6 is 46.4 Å². The van der Waals surface area contributed by atoms with Crippen molar-refractivity contribution in [2.45, 2.75) is 28.5 Å². The maximum atomic E-state index is 12.4. The molecule has 0 amide bonds. The lowest BCUT2D eigenvalue weighted by Crippen LogP contribution is -2.46. The number of sulfonamides is 1. The summed E-state index contributed by atoms with van der Waals surface area (Å²) in [5.41, 5.74) is 0.876. The number of benzene rings is 1. The number of carbonyl (C=O) groups is 1. The van der Waals surface area contributed by atoms with E-state index in [0.29, 0.717) is 0 Å². The lowest BCUT2D eigenvalue weighted by molar-refractivity contribution is -0.115. The fourth-order valence-electron chi connectivity index (χ4n) is 1.91. The zero-order valence-corrected chi connectivity index (χ0v) is 15.8. The van der Waals surface area contributed by atoms with Crippen LogP contribution in [-0.2, 0) is 14.8 Å². The number of hydrogen-bond acceptors (Lipinski definition) is 3. The Labute approximate surface area is 154 Å². The molecule has 0 aliphatic heterocycles. The number of nitrogens with zero attached hydrogens (tertiary/aromatic N) is 1. The van der Waals surface area contributed by atoms with E-state index >= 15 is 0 Å². The highest BCUT2D eigenvalue weighted by molar-refractivity contribution is 7.90. The molecule has 1 unspecified atom stereocenters. The molecule has 1 aromatic rings. The van der Waals surface area contributed by atoms with Crippen molar-refractivity contribution in [3.05, 3.63) is 40.4 Å². The fraction of sp³-hybridized carbons (Fsp3) is 0.286. The molecule has 1 atom stereocenters. The lowest BCUT2D eigenvalue weighted by Gasteiger charge is -2.30. The average molecular weight is 415 g/mol. The minimum atomic E-state index is -4.05. The molecule has 0 aromatic heterocycles. The smallest absolute Gasteiger partial charge is 0.282 e. The van der Waals surface area contributed by atoms with E-state index in [1.54, 1.807) is 12.1 Å². The van der Waals surface area contributed by atoms with Gasteiger partial charge >= 0.3 is 0 Å². The predicted octanol–water partition coefficient (Wildman–Crippen LogP) is 4.00. The van der Waals surface area contributed by atoms with Crippen molar-refractivity contribution in [3.8, 4) is 0 Å². The molecule has 0 radical (unpaired) electrons. The van der Waals surface area contributed by atoms with E-state index < -0.39 is 25.5 Å². The van der Waals surface area contributed by atoms with Crippen molar-refractivity contribution in [1.82, 2.24) is 0 Å². The predicted molar refractivity (Wildman–Crippen MR) is 93.4 cm³/mol. The zero-order chi connectivity index (χ0) is 17.6. The molecule has 1 aliphatic rings. The van der Waals surface area contributed by atoms with Gasteiger partial charge in [0.2, 0.25) is 10.1 Å². The normalized spacial score (nSPS) is 23.5.